The van der Waals surface area contributed by atoms with Crippen molar-refractivity contribution in [2.75, 3.05) is 4.90 Å². The molecule has 258 valence electrons. The molecule has 55 heavy (non-hydrogen) atoms. The highest BCUT2D eigenvalue weighted by Gasteiger charge is 2.17. The van der Waals surface area contributed by atoms with Gasteiger partial charge < -0.3 is 9.47 Å². The SMILES string of the molecule is c1ccc(-c2ccc(-n3c4ccccc4c4cc(-c5ccc6c(c5)sc5ccc(N(c7ccccc7)c7ccc8ccccc8c7)cc56)ccc43)cc2)cc1. The number of hydrogen-bond acceptors (Lipinski definition) is 2. The van der Waals surface area contributed by atoms with E-state index >= 15 is 0 Å². The summed E-state index contributed by atoms with van der Waals surface area (Å²) in [6.07, 6.45) is 0. The molecule has 2 aromatic heterocycles. The van der Waals surface area contributed by atoms with E-state index in [-0.39, 0.29) is 0 Å². The maximum atomic E-state index is 2.40. The van der Waals surface area contributed by atoms with Gasteiger partial charge in [0.25, 0.3) is 0 Å². The van der Waals surface area contributed by atoms with Crippen LogP contribution in [-0.2, 0) is 0 Å². The van der Waals surface area contributed by atoms with Crippen LogP contribution < -0.4 is 4.90 Å². The lowest BCUT2D eigenvalue weighted by molar-refractivity contribution is 1.18. The number of hydrogen-bond donors (Lipinski definition) is 0. The highest BCUT2D eigenvalue weighted by Crippen LogP contribution is 2.43. The summed E-state index contributed by atoms with van der Waals surface area (Å²) < 4.78 is 4.98. The van der Waals surface area contributed by atoms with Gasteiger partial charge in [-0.15, -0.1) is 11.3 Å². The van der Waals surface area contributed by atoms with Crippen LogP contribution in [0.25, 0.3) is 80.7 Å². The van der Waals surface area contributed by atoms with Gasteiger partial charge in [0.2, 0.25) is 0 Å². The van der Waals surface area contributed by atoms with Crippen molar-refractivity contribution in [2.24, 2.45) is 0 Å². The minimum absolute atomic E-state index is 1.14. The van der Waals surface area contributed by atoms with Crippen molar-refractivity contribution in [2.45, 2.75) is 0 Å². The van der Waals surface area contributed by atoms with E-state index in [1.54, 1.807) is 0 Å². The largest absolute Gasteiger partial charge is 0.310 e. The number of nitrogens with zero attached hydrogens (tertiary/aromatic N) is 2. The van der Waals surface area contributed by atoms with Gasteiger partial charge in [-0.3, -0.25) is 0 Å². The summed E-state index contributed by atoms with van der Waals surface area (Å²) in [6.45, 7) is 0. The predicted molar refractivity (Wildman–Crippen MR) is 237 cm³/mol. The van der Waals surface area contributed by atoms with E-state index in [0.29, 0.717) is 0 Å². The molecule has 0 atom stereocenters. The lowest BCUT2D eigenvalue weighted by atomic mass is 10.0. The molecule has 3 heteroatoms. The van der Waals surface area contributed by atoms with Crippen LogP contribution in [0.5, 0.6) is 0 Å². The van der Waals surface area contributed by atoms with E-state index in [9.17, 15) is 0 Å². The molecule has 0 fully saturated rings. The molecule has 11 rings (SSSR count). The maximum Gasteiger partial charge on any atom is 0.0541 e. The van der Waals surface area contributed by atoms with Crippen LogP contribution in [0, 0.1) is 0 Å². The van der Waals surface area contributed by atoms with Gasteiger partial charge >= 0.3 is 0 Å². The Hall–Kier alpha value is -6.94. The van der Waals surface area contributed by atoms with Crippen LogP contribution in [0.15, 0.2) is 206 Å². The fraction of sp³-hybridized carbons (Fsp3) is 0. The molecule has 0 saturated carbocycles. The molecule has 0 aliphatic carbocycles. The third kappa shape index (κ3) is 5.40. The van der Waals surface area contributed by atoms with Crippen LogP contribution in [0.4, 0.5) is 17.1 Å². The fourth-order valence-electron chi connectivity index (χ4n) is 8.29. The summed E-state index contributed by atoms with van der Waals surface area (Å²) in [7, 11) is 0. The summed E-state index contributed by atoms with van der Waals surface area (Å²) in [5, 5.41) is 7.56. The van der Waals surface area contributed by atoms with E-state index in [1.807, 2.05) is 11.3 Å². The zero-order valence-electron chi connectivity index (χ0n) is 29.9. The van der Waals surface area contributed by atoms with Crippen molar-refractivity contribution >= 4 is 81.1 Å². The lowest BCUT2D eigenvalue weighted by Crippen LogP contribution is -2.09. The highest BCUT2D eigenvalue weighted by atomic mass is 32.1. The summed E-state index contributed by atoms with van der Waals surface area (Å²) >= 11 is 1.87. The van der Waals surface area contributed by atoms with E-state index in [2.05, 4.69) is 216 Å². The van der Waals surface area contributed by atoms with Crippen LogP contribution >= 0.6 is 11.3 Å². The molecule has 0 aliphatic heterocycles. The summed E-state index contributed by atoms with van der Waals surface area (Å²) in [5.41, 5.74) is 11.9. The van der Waals surface area contributed by atoms with Gasteiger partial charge in [-0.2, -0.15) is 0 Å². The summed E-state index contributed by atoms with van der Waals surface area (Å²) in [5.74, 6) is 0. The Labute approximate surface area is 323 Å². The second-order valence-corrected chi connectivity index (χ2v) is 15.3. The van der Waals surface area contributed by atoms with Gasteiger partial charge in [0.1, 0.15) is 0 Å². The van der Waals surface area contributed by atoms with Crippen LogP contribution in [-0.4, -0.2) is 4.57 Å². The second-order valence-electron chi connectivity index (χ2n) is 14.2. The Balaban J connectivity index is 0.988. The topological polar surface area (TPSA) is 8.17 Å². The maximum absolute atomic E-state index is 2.40. The van der Waals surface area contributed by atoms with E-state index < -0.39 is 0 Å². The van der Waals surface area contributed by atoms with Crippen molar-refractivity contribution < 1.29 is 0 Å². The zero-order valence-corrected chi connectivity index (χ0v) is 30.7. The van der Waals surface area contributed by atoms with E-state index in [4.69, 9.17) is 0 Å². The Morgan fingerprint density at radius 3 is 1.82 bits per heavy atom. The monoisotopic (exact) mass is 718 g/mol. The molecule has 0 radical (unpaired) electrons. The Kier molecular flexibility index (Phi) is 7.39. The molecule has 0 N–H and O–H groups in total. The van der Waals surface area contributed by atoms with Gasteiger partial charge in [-0.05, 0) is 112 Å². The minimum Gasteiger partial charge on any atom is -0.310 e. The molecule has 0 unspecified atom stereocenters. The fourth-order valence-corrected chi connectivity index (χ4v) is 9.41. The molecule has 0 bridgehead atoms. The molecule has 0 amide bonds. The Morgan fingerprint density at radius 2 is 0.964 bits per heavy atom. The average Bonchev–Trinajstić information content (AvgIpc) is 3.79. The van der Waals surface area contributed by atoms with Gasteiger partial charge in [0, 0.05) is 53.7 Å². The molecule has 11 aromatic rings. The van der Waals surface area contributed by atoms with Crippen LogP contribution in [0.3, 0.4) is 0 Å². The standard InChI is InChI=1S/C52H34N2S/c1-3-11-35(12-4-1)37-19-24-42(25-20-37)54-49-18-10-9-17-45(49)47-32-39(23-29-50(47)54)40-22-28-46-48-34-44(27-30-51(48)55-52(46)33-40)53(41-15-5-2-6-16-41)43-26-21-36-13-7-8-14-38(36)31-43/h1-34H. The summed E-state index contributed by atoms with van der Waals surface area (Å²) in [6, 6.07) is 75.1. The van der Waals surface area contributed by atoms with Crippen molar-refractivity contribution in [3.05, 3.63) is 206 Å². The number of thiophene rings is 1. The first-order chi connectivity index (χ1) is 27.2. The van der Waals surface area contributed by atoms with Crippen molar-refractivity contribution in [1.82, 2.24) is 4.57 Å². The number of anilines is 3. The molecule has 0 aliphatic rings. The molecule has 2 nitrogen and oxygen atoms in total. The lowest BCUT2D eigenvalue weighted by Gasteiger charge is -2.26. The number of rotatable bonds is 6. The van der Waals surface area contributed by atoms with Gasteiger partial charge in [-0.1, -0.05) is 127 Å². The molecule has 0 saturated heterocycles. The summed E-state index contributed by atoms with van der Waals surface area (Å²) in [4.78, 5) is 2.37. The average molecular weight is 719 g/mol. The molecule has 0 spiro atoms. The molecular formula is C52H34N2S. The van der Waals surface area contributed by atoms with Crippen molar-refractivity contribution in [3.63, 3.8) is 0 Å². The smallest absolute Gasteiger partial charge is 0.0541 e. The first-order valence-electron chi connectivity index (χ1n) is 18.7. The Bertz CT molecular complexity index is 3190. The first-order valence-corrected chi connectivity index (χ1v) is 19.6. The van der Waals surface area contributed by atoms with Crippen LogP contribution in [0.1, 0.15) is 0 Å². The van der Waals surface area contributed by atoms with Gasteiger partial charge in [0.05, 0.1) is 11.0 Å². The van der Waals surface area contributed by atoms with E-state index in [0.717, 1.165) is 22.7 Å². The van der Waals surface area contributed by atoms with Crippen molar-refractivity contribution in [1.29, 1.82) is 0 Å². The number of fused-ring (bicyclic) bond motifs is 7. The van der Waals surface area contributed by atoms with E-state index in [1.165, 1.54) is 75.0 Å². The van der Waals surface area contributed by atoms with Crippen molar-refractivity contribution in [3.8, 4) is 27.9 Å². The highest BCUT2D eigenvalue weighted by molar-refractivity contribution is 7.25. The number of aromatic nitrogens is 1. The first kappa shape index (κ1) is 31.6. The second kappa shape index (κ2) is 12.9. The number of para-hydroxylation sites is 2. The third-order valence-corrected chi connectivity index (χ3v) is 12.1. The molecule has 9 aromatic carbocycles. The molecule has 2 heterocycles. The number of benzene rings is 9. The normalized spacial score (nSPS) is 11.6. The van der Waals surface area contributed by atoms with Crippen LogP contribution in [0.2, 0.25) is 0 Å². The Morgan fingerprint density at radius 1 is 0.327 bits per heavy atom. The molecular weight excluding hydrogens is 685 g/mol. The minimum atomic E-state index is 1.14. The predicted octanol–water partition coefficient (Wildman–Crippen LogP) is 15.1. The third-order valence-electron chi connectivity index (χ3n) is 11.0. The quantitative estimate of drug-likeness (QED) is 0.166. The van der Waals surface area contributed by atoms with Gasteiger partial charge in [-0.25, -0.2) is 0 Å². The van der Waals surface area contributed by atoms with Gasteiger partial charge in [0.15, 0.2) is 0 Å². The zero-order chi connectivity index (χ0) is 36.3.